The van der Waals surface area contributed by atoms with Crippen molar-refractivity contribution in [3.63, 3.8) is 0 Å². The summed E-state index contributed by atoms with van der Waals surface area (Å²) in [6.07, 6.45) is 1.91. The summed E-state index contributed by atoms with van der Waals surface area (Å²) in [7, 11) is 0. The van der Waals surface area contributed by atoms with Crippen LogP contribution in [0.1, 0.15) is 39.1 Å². The Balaban J connectivity index is 1.77. The van der Waals surface area contributed by atoms with Gasteiger partial charge in [0.05, 0.1) is 6.04 Å². The molecule has 0 bridgehead atoms. The van der Waals surface area contributed by atoms with Crippen molar-refractivity contribution < 1.29 is 4.79 Å². The van der Waals surface area contributed by atoms with Crippen LogP contribution >= 0.6 is 27.3 Å². The molecule has 104 valence electrons. The van der Waals surface area contributed by atoms with Crippen LogP contribution in [0.4, 0.5) is 0 Å². The normalized spacial score (nSPS) is 17.0. The lowest BCUT2D eigenvalue weighted by Gasteiger charge is -2.13. The summed E-state index contributed by atoms with van der Waals surface area (Å²) in [6, 6.07) is 6.18. The molecule has 1 unspecified atom stereocenters. The van der Waals surface area contributed by atoms with Gasteiger partial charge < -0.3 is 11.1 Å². The number of aromatic nitrogens is 1. The smallest absolute Gasteiger partial charge is 0.271 e. The number of hydrogen-bond donors (Lipinski definition) is 2. The Hall–Kier alpha value is -1.24. The van der Waals surface area contributed by atoms with E-state index in [1.807, 2.05) is 12.1 Å². The lowest BCUT2D eigenvalue weighted by Crippen LogP contribution is -2.27. The fraction of sp³-hybridized carbons (Fsp3) is 0.286. The van der Waals surface area contributed by atoms with Crippen LogP contribution in [0.5, 0.6) is 0 Å². The van der Waals surface area contributed by atoms with Crippen molar-refractivity contribution in [2.45, 2.75) is 25.4 Å². The van der Waals surface area contributed by atoms with Gasteiger partial charge in [-0.1, -0.05) is 28.1 Å². The zero-order valence-electron chi connectivity index (χ0n) is 10.7. The van der Waals surface area contributed by atoms with Crippen LogP contribution in [-0.4, -0.2) is 10.9 Å². The van der Waals surface area contributed by atoms with Gasteiger partial charge in [0, 0.05) is 16.4 Å². The van der Waals surface area contributed by atoms with Gasteiger partial charge >= 0.3 is 0 Å². The molecule has 0 spiro atoms. The number of nitrogens with one attached hydrogen (secondary N) is 1. The maximum absolute atomic E-state index is 12.2. The number of hydrogen-bond acceptors (Lipinski definition) is 4. The molecule has 4 nitrogen and oxygen atoms in total. The molecule has 0 aliphatic heterocycles. The van der Waals surface area contributed by atoms with Crippen molar-refractivity contribution in [3.05, 3.63) is 49.9 Å². The predicted molar refractivity (Wildman–Crippen MR) is 82.7 cm³/mol. The highest BCUT2D eigenvalue weighted by atomic mass is 79.9. The third-order valence-electron chi connectivity index (χ3n) is 3.48. The minimum atomic E-state index is -0.126. The Morgan fingerprint density at radius 2 is 2.40 bits per heavy atom. The molecule has 0 fully saturated rings. The van der Waals surface area contributed by atoms with E-state index >= 15 is 0 Å². The summed E-state index contributed by atoms with van der Waals surface area (Å²) in [5, 5.41) is 5.60. The Labute approximate surface area is 129 Å². The lowest BCUT2D eigenvalue weighted by atomic mass is 10.1. The molecular formula is C14H14BrN3OS. The number of rotatable bonds is 3. The molecule has 1 aromatic heterocycles. The average Bonchev–Trinajstić information content (AvgIpc) is 3.07. The van der Waals surface area contributed by atoms with Crippen molar-refractivity contribution >= 4 is 33.2 Å². The molecule has 1 aliphatic rings. The molecule has 1 aliphatic carbocycles. The quantitative estimate of drug-likeness (QED) is 0.893. The highest BCUT2D eigenvalue weighted by Gasteiger charge is 2.26. The molecule has 0 saturated carbocycles. The third-order valence-corrected chi connectivity index (χ3v) is 5.09. The van der Waals surface area contributed by atoms with Gasteiger partial charge in [0.1, 0.15) is 10.7 Å². The maximum Gasteiger partial charge on any atom is 0.271 e. The van der Waals surface area contributed by atoms with Crippen molar-refractivity contribution in [2.24, 2.45) is 5.73 Å². The average molecular weight is 352 g/mol. The van der Waals surface area contributed by atoms with Gasteiger partial charge in [-0.2, -0.15) is 0 Å². The van der Waals surface area contributed by atoms with Crippen molar-refractivity contribution in [2.75, 3.05) is 0 Å². The van der Waals surface area contributed by atoms with E-state index in [1.54, 1.807) is 5.38 Å². The van der Waals surface area contributed by atoms with E-state index in [0.717, 1.165) is 22.3 Å². The summed E-state index contributed by atoms with van der Waals surface area (Å²) in [5.74, 6) is -0.126. The van der Waals surface area contributed by atoms with Gasteiger partial charge in [0.15, 0.2) is 0 Å². The van der Waals surface area contributed by atoms with E-state index in [4.69, 9.17) is 5.73 Å². The topological polar surface area (TPSA) is 68.0 Å². The number of carbonyl (C=O) groups excluding carboxylic acids is 1. The van der Waals surface area contributed by atoms with Gasteiger partial charge in [-0.15, -0.1) is 11.3 Å². The van der Waals surface area contributed by atoms with Gasteiger partial charge in [-0.05, 0) is 30.0 Å². The van der Waals surface area contributed by atoms with E-state index in [1.165, 1.54) is 22.5 Å². The highest BCUT2D eigenvalue weighted by molar-refractivity contribution is 9.10. The van der Waals surface area contributed by atoms with E-state index in [2.05, 4.69) is 32.3 Å². The summed E-state index contributed by atoms with van der Waals surface area (Å²) in [4.78, 5) is 16.4. The molecule has 3 rings (SSSR count). The molecule has 1 aromatic carbocycles. The third kappa shape index (κ3) is 2.51. The van der Waals surface area contributed by atoms with Crippen LogP contribution in [0, 0.1) is 0 Å². The van der Waals surface area contributed by atoms with E-state index in [0.29, 0.717) is 12.2 Å². The van der Waals surface area contributed by atoms with Crippen molar-refractivity contribution in [3.8, 4) is 0 Å². The van der Waals surface area contributed by atoms with Gasteiger partial charge in [0.2, 0.25) is 0 Å². The second-order valence-corrected chi connectivity index (χ2v) is 6.50. The molecular weight excluding hydrogens is 338 g/mol. The first-order chi connectivity index (χ1) is 9.69. The summed E-state index contributed by atoms with van der Waals surface area (Å²) in [6.45, 7) is 0.372. The lowest BCUT2D eigenvalue weighted by molar-refractivity contribution is 0.0932. The summed E-state index contributed by atoms with van der Waals surface area (Å²) >= 11 is 4.98. The standard InChI is InChI=1S/C14H14BrN3OS/c15-10-3-1-2-9-8(10)4-5-11(9)18-14(19)12-7-20-13(6-16)17-12/h1-3,7,11H,4-6,16H2,(H,18,19). The highest BCUT2D eigenvalue weighted by Crippen LogP contribution is 2.35. The van der Waals surface area contributed by atoms with Crippen LogP contribution in [0.15, 0.2) is 28.1 Å². The SMILES string of the molecule is NCc1nc(C(=O)NC2CCc3c(Br)cccc32)cs1. The minimum Gasteiger partial charge on any atom is -0.344 e. The Bertz CT molecular complexity index is 656. The van der Waals surface area contributed by atoms with Gasteiger partial charge in [-0.25, -0.2) is 4.98 Å². The molecule has 2 aromatic rings. The second kappa shape index (κ2) is 5.63. The Morgan fingerprint density at radius 3 is 3.15 bits per heavy atom. The molecule has 20 heavy (non-hydrogen) atoms. The molecule has 1 atom stereocenters. The first-order valence-corrected chi connectivity index (χ1v) is 8.09. The molecule has 1 amide bonds. The van der Waals surface area contributed by atoms with Crippen LogP contribution in [0.25, 0.3) is 0 Å². The van der Waals surface area contributed by atoms with Gasteiger partial charge in [-0.3, -0.25) is 4.79 Å². The maximum atomic E-state index is 12.2. The number of halogens is 1. The van der Waals surface area contributed by atoms with Crippen molar-refractivity contribution in [1.82, 2.24) is 10.3 Å². The number of carbonyl (C=O) groups is 1. The number of amides is 1. The van der Waals surface area contributed by atoms with Crippen LogP contribution in [0.2, 0.25) is 0 Å². The Kier molecular flexibility index (Phi) is 3.87. The van der Waals surface area contributed by atoms with E-state index in [9.17, 15) is 4.79 Å². The van der Waals surface area contributed by atoms with E-state index < -0.39 is 0 Å². The largest absolute Gasteiger partial charge is 0.344 e. The molecule has 0 radical (unpaired) electrons. The molecule has 0 saturated heterocycles. The molecule has 6 heteroatoms. The first kappa shape index (κ1) is 13.7. The van der Waals surface area contributed by atoms with Crippen LogP contribution < -0.4 is 11.1 Å². The number of nitrogens with two attached hydrogens (primary N) is 1. The second-order valence-electron chi connectivity index (χ2n) is 4.70. The van der Waals surface area contributed by atoms with Crippen LogP contribution in [-0.2, 0) is 13.0 Å². The van der Waals surface area contributed by atoms with E-state index in [-0.39, 0.29) is 11.9 Å². The zero-order chi connectivity index (χ0) is 14.1. The summed E-state index contributed by atoms with van der Waals surface area (Å²) in [5.41, 5.74) is 8.46. The minimum absolute atomic E-state index is 0.0676. The number of nitrogens with zero attached hydrogens (tertiary/aromatic N) is 1. The fourth-order valence-electron chi connectivity index (χ4n) is 2.50. The van der Waals surface area contributed by atoms with Crippen molar-refractivity contribution in [1.29, 1.82) is 0 Å². The molecule has 1 heterocycles. The number of fused-ring (bicyclic) bond motifs is 1. The zero-order valence-corrected chi connectivity index (χ0v) is 13.1. The molecule has 3 N–H and O–H groups in total. The summed E-state index contributed by atoms with van der Waals surface area (Å²) < 4.78 is 1.12. The number of thiazole rings is 1. The monoisotopic (exact) mass is 351 g/mol. The number of benzene rings is 1. The predicted octanol–water partition coefficient (Wildman–Crippen LogP) is 2.78. The Morgan fingerprint density at radius 1 is 1.55 bits per heavy atom. The fourth-order valence-corrected chi connectivity index (χ4v) is 3.74. The van der Waals surface area contributed by atoms with Gasteiger partial charge in [0.25, 0.3) is 5.91 Å². The first-order valence-electron chi connectivity index (χ1n) is 6.41. The van der Waals surface area contributed by atoms with Crippen LogP contribution in [0.3, 0.4) is 0 Å².